The molecule has 0 atom stereocenters. The monoisotopic (exact) mass is 526 g/mol. The molecule has 4 heterocycles. The Morgan fingerprint density at radius 2 is 0.868 bits per heavy atom. The lowest BCUT2D eigenvalue weighted by Gasteiger charge is -1.96. The van der Waals surface area contributed by atoms with Crippen LogP contribution in [-0.2, 0) is 0 Å². The molecule has 0 saturated heterocycles. The van der Waals surface area contributed by atoms with E-state index in [0.717, 1.165) is 42.7 Å². The van der Waals surface area contributed by atoms with E-state index in [1.54, 1.807) is 22.7 Å². The highest BCUT2D eigenvalue weighted by Crippen LogP contribution is 2.38. The Labute approximate surface area is 225 Å². The molecule has 0 amide bonds. The third-order valence-electron chi connectivity index (χ3n) is 6.60. The molecular weight excluding hydrogens is 508 g/mol. The smallest absolute Gasteiger partial charge is 0.237 e. The van der Waals surface area contributed by atoms with Crippen LogP contribution >= 0.6 is 22.7 Å². The van der Waals surface area contributed by atoms with Gasteiger partial charge < -0.3 is 8.83 Å². The minimum Gasteiger partial charge on any atom is -0.435 e. The minimum absolute atomic E-state index is 0.638. The van der Waals surface area contributed by atoms with Crippen LogP contribution in [-0.4, -0.2) is 9.97 Å². The predicted molar refractivity (Wildman–Crippen MR) is 157 cm³/mol. The standard InChI is InChI=1S/C32H18N2O2S2/c1-3-7-19(8-4-1)27-11-13-29(37-27)31-33-23-15-21-18-26-24(16-22(21)17-25(23)35-31)34-32(36-26)30-14-12-28(38-30)20-9-5-2-6-10-20/h1-18H. The molecule has 0 fully saturated rings. The molecule has 0 saturated carbocycles. The maximum atomic E-state index is 6.20. The van der Waals surface area contributed by atoms with Gasteiger partial charge in [0.2, 0.25) is 11.8 Å². The molecule has 0 unspecified atom stereocenters. The van der Waals surface area contributed by atoms with Gasteiger partial charge >= 0.3 is 0 Å². The molecule has 4 aromatic heterocycles. The van der Waals surface area contributed by atoms with Crippen LogP contribution in [0.3, 0.4) is 0 Å². The summed E-state index contributed by atoms with van der Waals surface area (Å²) >= 11 is 3.36. The van der Waals surface area contributed by atoms with Gasteiger partial charge in [0.1, 0.15) is 11.0 Å². The van der Waals surface area contributed by atoms with E-state index in [1.807, 2.05) is 24.3 Å². The van der Waals surface area contributed by atoms with Crippen LogP contribution in [0.15, 0.2) is 118 Å². The molecule has 180 valence electrons. The first kappa shape index (κ1) is 21.6. The number of hydrogen-bond acceptors (Lipinski definition) is 6. The highest BCUT2D eigenvalue weighted by Gasteiger charge is 2.16. The van der Waals surface area contributed by atoms with E-state index < -0.39 is 0 Å². The Morgan fingerprint density at radius 3 is 1.32 bits per heavy atom. The van der Waals surface area contributed by atoms with Crippen molar-refractivity contribution >= 4 is 55.6 Å². The van der Waals surface area contributed by atoms with E-state index in [4.69, 9.17) is 18.8 Å². The van der Waals surface area contributed by atoms with Crippen LogP contribution in [0.4, 0.5) is 0 Å². The first-order valence-electron chi connectivity index (χ1n) is 12.2. The van der Waals surface area contributed by atoms with E-state index >= 15 is 0 Å². The van der Waals surface area contributed by atoms with Crippen molar-refractivity contribution in [2.45, 2.75) is 0 Å². The lowest BCUT2D eigenvalue weighted by atomic mass is 10.1. The van der Waals surface area contributed by atoms with E-state index in [2.05, 4.69) is 84.9 Å². The summed E-state index contributed by atoms with van der Waals surface area (Å²) in [5.74, 6) is 1.28. The number of thiophene rings is 2. The van der Waals surface area contributed by atoms with Gasteiger partial charge in [-0.1, -0.05) is 60.7 Å². The maximum absolute atomic E-state index is 6.20. The molecule has 0 aliphatic heterocycles. The molecule has 0 aliphatic rings. The first-order valence-corrected chi connectivity index (χ1v) is 13.9. The van der Waals surface area contributed by atoms with Gasteiger partial charge in [0, 0.05) is 9.75 Å². The van der Waals surface area contributed by atoms with Crippen molar-refractivity contribution in [2.24, 2.45) is 0 Å². The van der Waals surface area contributed by atoms with E-state index in [1.165, 1.54) is 20.9 Å². The normalized spacial score (nSPS) is 11.7. The number of hydrogen-bond donors (Lipinski definition) is 0. The maximum Gasteiger partial charge on any atom is 0.237 e. The fourth-order valence-corrected chi connectivity index (χ4v) is 6.60. The molecule has 6 heteroatoms. The van der Waals surface area contributed by atoms with Gasteiger partial charge in [0.15, 0.2) is 11.2 Å². The molecule has 0 N–H and O–H groups in total. The van der Waals surface area contributed by atoms with Crippen LogP contribution in [0.2, 0.25) is 0 Å². The van der Waals surface area contributed by atoms with Crippen molar-refractivity contribution in [1.29, 1.82) is 0 Å². The molecule has 0 bridgehead atoms. The highest BCUT2D eigenvalue weighted by molar-refractivity contribution is 7.19. The summed E-state index contributed by atoms with van der Waals surface area (Å²) < 4.78 is 12.4. The van der Waals surface area contributed by atoms with Gasteiger partial charge in [-0.3, -0.25) is 0 Å². The van der Waals surface area contributed by atoms with Crippen LogP contribution in [0.1, 0.15) is 0 Å². The van der Waals surface area contributed by atoms with Crippen molar-refractivity contribution in [1.82, 2.24) is 9.97 Å². The topological polar surface area (TPSA) is 52.1 Å². The summed E-state index contributed by atoms with van der Waals surface area (Å²) in [5.41, 5.74) is 5.56. The average molecular weight is 527 g/mol. The summed E-state index contributed by atoms with van der Waals surface area (Å²) in [6.45, 7) is 0. The molecular formula is C32H18N2O2S2. The highest BCUT2D eigenvalue weighted by atomic mass is 32.1. The Balaban J connectivity index is 1.15. The molecule has 8 aromatic rings. The fourth-order valence-electron chi connectivity index (χ4n) is 4.73. The zero-order valence-corrected chi connectivity index (χ0v) is 21.6. The number of nitrogens with zero attached hydrogens (tertiary/aromatic N) is 2. The molecule has 8 rings (SSSR count). The summed E-state index contributed by atoms with van der Waals surface area (Å²) in [6, 6.07) is 37.3. The van der Waals surface area contributed by atoms with Gasteiger partial charge in [-0.2, -0.15) is 0 Å². The lowest BCUT2D eigenvalue weighted by molar-refractivity contribution is 0.621. The number of rotatable bonds is 4. The summed E-state index contributed by atoms with van der Waals surface area (Å²) in [7, 11) is 0. The number of fused-ring (bicyclic) bond motifs is 3. The third kappa shape index (κ3) is 3.65. The first-order chi connectivity index (χ1) is 18.8. The van der Waals surface area contributed by atoms with Gasteiger partial charge in [0.05, 0.1) is 9.75 Å². The number of oxazole rings is 2. The zero-order valence-electron chi connectivity index (χ0n) is 19.9. The van der Waals surface area contributed by atoms with Crippen molar-refractivity contribution < 1.29 is 8.83 Å². The molecule has 4 aromatic carbocycles. The van der Waals surface area contributed by atoms with Crippen molar-refractivity contribution in [3.05, 3.63) is 109 Å². The second-order valence-corrected chi connectivity index (χ2v) is 11.3. The third-order valence-corrected chi connectivity index (χ3v) is 8.85. The Morgan fingerprint density at radius 1 is 0.447 bits per heavy atom. The van der Waals surface area contributed by atoms with E-state index in [9.17, 15) is 0 Å². The van der Waals surface area contributed by atoms with Crippen LogP contribution in [0, 0.1) is 0 Å². The van der Waals surface area contributed by atoms with Gasteiger partial charge in [-0.25, -0.2) is 9.97 Å². The van der Waals surface area contributed by atoms with E-state index in [-0.39, 0.29) is 0 Å². The van der Waals surface area contributed by atoms with Gasteiger partial charge in [-0.15, -0.1) is 22.7 Å². The average Bonchev–Trinajstić information content (AvgIpc) is 3.76. The summed E-state index contributed by atoms with van der Waals surface area (Å²) in [6.07, 6.45) is 0. The molecule has 0 aliphatic carbocycles. The van der Waals surface area contributed by atoms with Crippen molar-refractivity contribution in [3.63, 3.8) is 0 Å². The molecule has 38 heavy (non-hydrogen) atoms. The largest absolute Gasteiger partial charge is 0.435 e. The number of benzene rings is 4. The van der Waals surface area contributed by atoms with Gasteiger partial charge in [0.25, 0.3) is 0 Å². The second kappa shape index (κ2) is 8.52. The van der Waals surface area contributed by atoms with Crippen molar-refractivity contribution in [3.8, 4) is 42.4 Å². The summed E-state index contributed by atoms with van der Waals surface area (Å²) in [5, 5.41) is 2.08. The zero-order chi connectivity index (χ0) is 25.1. The Hall–Kier alpha value is -4.52. The second-order valence-electron chi connectivity index (χ2n) is 9.08. The van der Waals surface area contributed by atoms with Gasteiger partial charge in [-0.05, 0) is 70.4 Å². The number of aromatic nitrogens is 2. The lowest BCUT2D eigenvalue weighted by Crippen LogP contribution is -1.76. The van der Waals surface area contributed by atoms with Crippen LogP contribution in [0.25, 0.3) is 75.4 Å². The van der Waals surface area contributed by atoms with Crippen molar-refractivity contribution in [2.75, 3.05) is 0 Å². The Bertz CT molecular complexity index is 1860. The quantitative estimate of drug-likeness (QED) is 0.229. The summed E-state index contributed by atoms with van der Waals surface area (Å²) in [4.78, 5) is 14.0. The molecule has 0 radical (unpaired) electrons. The predicted octanol–water partition coefficient (Wildman–Crippen LogP) is 9.91. The van der Waals surface area contributed by atoms with E-state index in [0.29, 0.717) is 11.8 Å². The fraction of sp³-hybridized carbons (Fsp3) is 0. The molecule has 0 spiro atoms. The SMILES string of the molecule is c1ccc(-c2ccc(-c3nc4cc5cc6oc(-c7ccc(-c8ccccc8)s7)nc6cc5cc4o3)s2)cc1. The van der Waals surface area contributed by atoms with Crippen LogP contribution < -0.4 is 0 Å². The molecule has 4 nitrogen and oxygen atoms in total. The minimum atomic E-state index is 0.638. The Kier molecular flexibility index (Phi) is 4.83. The van der Waals surface area contributed by atoms with Crippen LogP contribution in [0.5, 0.6) is 0 Å².